The van der Waals surface area contributed by atoms with Gasteiger partial charge >= 0.3 is 5.97 Å². The van der Waals surface area contributed by atoms with Gasteiger partial charge in [0.15, 0.2) is 6.10 Å². The van der Waals surface area contributed by atoms with E-state index in [1.54, 1.807) is 6.07 Å². The number of ether oxygens (including phenoxy) is 1. The SMILES string of the molecule is C[C@@H](OC(=O)/C=C/c1cccc([N+](=O)[O-])c1)C(=O)Nc1ccc(F)cc1. The normalized spacial score (nSPS) is 11.8. The summed E-state index contributed by atoms with van der Waals surface area (Å²) in [6, 6.07) is 10.8. The Balaban J connectivity index is 1.91. The Kier molecular flexibility index (Phi) is 6.15. The molecule has 0 fully saturated rings. The van der Waals surface area contributed by atoms with Gasteiger partial charge in [0.25, 0.3) is 11.6 Å². The molecule has 1 atom stereocenters. The van der Waals surface area contributed by atoms with Gasteiger partial charge in [0.2, 0.25) is 0 Å². The number of anilines is 1. The number of nitro groups is 1. The fourth-order valence-corrected chi connectivity index (χ4v) is 1.95. The third-order valence-electron chi connectivity index (χ3n) is 3.27. The molecule has 0 bridgehead atoms. The van der Waals surface area contributed by atoms with Crippen molar-refractivity contribution in [3.63, 3.8) is 0 Å². The van der Waals surface area contributed by atoms with Gasteiger partial charge in [-0.2, -0.15) is 0 Å². The zero-order valence-electron chi connectivity index (χ0n) is 13.7. The minimum absolute atomic E-state index is 0.104. The largest absolute Gasteiger partial charge is 0.449 e. The van der Waals surface area contributed by atoms with Gasteiger partial charge in [0.1, 0.15) is 5.82 Å². The molecule has 2 rings (SSSR count). The highest BCUT2D eigenvalue weighted by Crippen LogP contribution is 2.14. The molecule has 7 nitrogen and oxygen atoms in total. The van der Waals surface area contributed by atoms with E-state index >= 15 is 0 Å². The van der Waals surface area contributed by atoms with Crippen LogP contribution < -0.4 is 5.32 Å². The fraction of sp³-hybridized carbons (Fsp3) is 0.111. The predicted octanol–water partition coefficient (Wildman–Crippen LogP) is 3.32. The molecule has 0 unspecified atom stereocenters. The van der Waals surface area contributed by atoms with Crippen molar-refractivity contribution in [2.24, 2.45) is 0 Å². The molecule has 2 aromatic carbocycles. The van der Waals surface area contributed by atoms with Crippen LogP contribution in [0.1, 0.15) is 12.5 Å². The van der Waals surface area contributed by atoms with E-state index in [1.165, 1.54) is 55.5 Å². The highest BCUT2D eigenvalue weighted by atomic mass is 19.1. The van der Waals surface area contributed by atoms with Crippen LogP contribution in [0, 0.1) is 15.9 Å². The molecular formula is C18H15FN2O5. The predicted molar refractivity (Wildman–Crippen MR) is 92.7 cm³/mol. The van der Waals surface area contributed by atoms with Crippen LogP contribution in [0.5, 0.6) is 0 Å². The van der Waals surface area contributed by atoms with E-state index in [0.29, 0.717) is 11.3 Å². The molecule has 8 heteroatoms. The molecule has 1 amide bonds. The molecule has 0 heterocycles. The van der Waals surface area contributed by atoms with E-state index in [0.717, 1.165) is 6.08 Å². The van der Waals surface area contributed by atoms with Crippen LogP contribution in [0.3, 0.4) is 0 Å². The number of hydrogen-bond donors (Lipinski definition) is 1. The summed E-state index contributed by atoms with van der Waals surface area (Å²) in [5.74, 6) is -1.79. The maximum absolute atomic E-state index is 12.8. The van der Waals surface area contributed by atoms with Crippen LogP contribution in [0.2, 0.25) is 0 Å². The molecular weight excluding hydrogens is 343 g/mol. The van der Waals surface area contributed by atoms with Crippen molar-refractivity contribution in [3.05, 3.63) is 76.1 Å². The number of amides is 1. The molecule has 0 aliphatic rings. The lowest BCUT2D eigenvalue weighted by molar-refractivity contribution is -0.384. The van der Waals surface area contributed by atoms with Gasteiger partial charge in [0, 0.05) is 23.9 Å². The average molecular weight is 358 g/mol. The van der Waals surface area contributed by atoms with Gasteiger partial charge in [-0.05, 0) is 42.8 Å². The number of carbonyl (C=O) groups is 2. The van der Waals surface area contributed by atoms with Crippen LogP contribution in [0.4, 0.5) is 15.8 Å². The topological polar surface area (TPSA) is 98.5 Å². The molecule has 0 aromatic heterocycles. The number of nitro benzene ring substituents is 1. The summed E-state index contributed by atoms with van der Waals surface area (Å²) in [4.78, 5) is 33.9. The van der Waals surface area contributed by atoms with Gasteiger partial charge in [-0.3, -0.25) is 14.9 Å². The molecule has 0 saturated heterocycles. The maximum Gasteiger partial charge on any atom is 0.331 e. The summed E-state index contributed by atoms with van der Waals surface area (Å²) in [6.07, 6.45) is 1.34. The molecule has 134 valence electrons. The van der Waals surface area contributed by atoms with Crippen molar-refractivity contribution in [3.8, 4) is 0 Å². The highest BCUT2D eigenvalue weighted by Gasteiger charge is 2.16. The number of benzene rings is 2. The molecule has 0 aliphatic heterocycles. The third kappa shape index (κ3) is 5.52. The lowest BCUT2D eigenvalue weighted by Crippen LogP contribution is -2.29. The Hall–Kier alpha value is -3.55. The molecule has 1 N–H and O–H groups in total. The molecule has 26 heavy (non-hydrogen) atoms. The van der Waals surface area contributed by atoms with E-state index in [2.05, 4.69) is 5.32 Å². The summed E-state index contributed by atoms with van der Waals surface area (Å²) in [7, 11) is 0. The third-order valence-corrected chi connectivity index (χ3v) is 3.27. The number of nitrogens with one attached hydrogen (secondary N) is 1. The number of nitrogens with zero attached hydrogens (tertiary/aromatic N) is 1. The van der Waals surface area contributed by atoms with Crippen LogP contribution in [-0.2, 0) is 14.3 Å². The summed E-state index contributed by atoms with van der Waals surface area (Å²) < 4.78 is 17.8. The number of carbonyl (C=O) groups excluding carboxylic acids is 2. The monoisotopic (exact) mass is 358 g/mol. The van der Waals surface area contributed by atoms with Crippen molar-refractivity contribution in [1.82, 2.24) is 0 Å². The lowest BCUT2D eigenvalue weighted by atomic mass is 10.2. The number of non-ortho nitro benzene ring substituents is 1. The number of hydrogen-bond acceptors (Lipinski definition) is 5. The Morgan fingerprint density at radius 1 is 1.23 bits per heavy atom. The summed E-state index contributed by atoms with van der Waals surface area (Å²) >= 11 is 0. The summed E-state index contributed by atoms with van der Waals surface area (Å²) in [6.45, 7) is 1.39. The average Bonchev–Trinajstić information content (AvgIpc) is 2.62. The first-order valence-electron chi connectivity index (χ1n) is 7.55. The molecule has 0 radical (unpaired) electrons. The Bertz CT molecular complexity index is 849. The highest BCUT2D eigenvalue weighted by molar-refractivity contribution is 5.96. The zero-order chi connectivity index (χ0) is 19.1. The standard InChI is InChI=1S/C18H15FN2O5/c1-12(18(23)20-15-8-6-14(19)7-9-15)26-17(22)10-5-13-3-2-4-16(11-13)21(24)25/h2-12H,1H3,(H,20,23)/b10-5+/t12-/m1/s1. The van der Waals surface area contributed by atoms with Crippen molar-refractivity contribution in [1.29, 1.82) is 0 Å². The first-order chi connectivity index (χ1) is 12.3. The summed E-state index contributed by atoms with van der Waals surface area (Å²) in [5, 5.41) is 13.2. The van der Waals surface area contributed by atoms with E-state index in [9.17, 15) is 24.1 Å². The van der Waals surface area contributed by atoms with Crippen molar-refractivity contribution in [2.75, 3.05) is 5.32 Å². The smallest absolute Gasteiger partial charge is 0.331 e. The quantitative estimate of drug-likeness (QED) is 0.370. The molecule has 0 saturated carbocycles. The molecule has 0 aliphatic carbocycles. The van der Waals surface area contributed by atoms with Gasteiger partial charge < -0.3 is 10.1 Å². The second-order valence-electron chi connectivity index (χ2n) is 5.26. The van der Waals surface area contributed by atoms with Crippen molar-refractivity contribution < 1.29 is 23.6 Å². The first-order valence-corrected chi connectivity index (χ1v) is 7.55. The minimum atomic E-state index is -1.08. The Morgan fingerprint density at radius 3 is 2.58 bits per heavy atom. The summed E-state index contributed by atoms with van der Waals surface area (Å²) in [5.41, 5.74) is 0.707. The van der Waals surface area contributed by atoms with Gasteiger partial charge in [0.05, 0.1) is 4.92 Å². The maximum atomic E-state index is 12.8. The molecule has 2 aromatic rings. The first kappa shape index (κ1) is 18.8. The fourth-order valence-electron chi connectivity index (χ4n) is 1.95. The van der Waals surface area contributed by atoms with Crippen LogP contribution in [0.25, 0.3) is 6.08 Å². The van der Waals surface area contributed by atoms with Crippen LogP contribution in [-0.4, -0.2) is 22.9 Å². The van der Waals surface area contributed by atoms with E-state index in [4.69, 9.17) is 4.74 Å². The van der Waals surface area contributed by atoms with Gasteiger partial charge in [-0.1, -0.05) is 12.1 Å². The number of halogens is 1. The van der Waals surface area contributed by atoms with Crippen molar-refractivity contribution in [2.45, 2.75) is 13.0 Å². The Morgan fingerprint density at radius 2 is 1.92 bits per heavy atom. The van der Waals surface area contributed by atoms with Crippen LogP contribution >= 0.6 is 0 Å². The van der Waals surface area contributed by atoms with E-state index in [1.807, 2.05) is 0 Å². The van der Waals surface area contributed by atoms with E-state index in [-0.39, 0.29) is 5.69 Å². The van der Waals surface area contributed by atoms with Gasteiger partial charge in [-0.15, -0.1) is 0 Å². The molecule has 0 spiro atoms. The van der Waals surface area contributed by atoms with Crippen molar-refractivity contribution >= 4 is 29.3 Å². The van der Waals surface area contributed by atoms with Crippen LogP contribution in [0.15, 0.2) is 54.6 Å². The second kappa shape index (κ2) is 8.52. The zero-order valence-corrected chi connectivity index (χ0v) is 13.7. The minimum Gasteiger partial charge on any atom is -0.449 e. The number of esters is 1. The van der Waals surface area contributed by atoms with Gasteiger partial charge in [-0.25, -0.2) is 9.18 Å². The Labute approximate surface area is 148 Å². The second-order valence-corrected chi connectivity index (χ2v) is 5.26. The lowest BCUT2D eigenvalue weighted by Gasteiger charge is -2.12. The van der Waals surface area contributed by atoms with E-state index < -0.39 is 28.7 Å². The number of rotatable bonds is 6.